The van der Waals surface area contributed by atoms with Gasteiger partial charge in [0, 0.05) is 6.04 Å². The summed E-state index contributed by atoms with van der Waals surface area (Å²) >= 11 is 0. The SMILES string of the molecule is COc1cccc([C@H]2CCCN3CCC[C@H]23)c1. The molecule has 2 aliphatic heterocycles. The maximum atomic E-state index is 5.34. The molecule has 0 bridgehead atoms. The quantitative estimate of drug-likeness (QED) is 0.775. The number of ether oxygens (including phenoxy) is 1. The van der Waals surface area contributed by atoms with Crippen LogP contribution in [0.4, 0.5) is 0 Å². The van der Waals surface area contributed by atoms with Gasteiger partial charge in [0.05, 0.1) is 7.11 Å². The third-order valence-electron chi connectivity index (χ3n) is 4.36. The van der Waals surface area contributed by atoms with Gasteiger partial charge in [-0.25, -0.2) is 0 Å². The molecule has 0 radical (unpaired) electrons. The molecular formula is C15H21NO. The number of fused-ring (bicyclic) bond motifs is 1. The topological polar surface area (TPSA) is 12.5 Å². The summed E-state index contributed by atoms with van der Waals surface area (Å²) in [6.45, 7) is 2.62. The molecule has 3 rings (SSSR count). The lowest BCUT2D eigenvalue weighted by Crippen LogP contribution is -2.39. The van der Waals surface area contributed by atoms with Gasteiger partial charge in [-0.2, -0.15) is 0 Å². The summed E-state index contributed by atoms with van der Waals surface area (Å²) in [5.41, 5.74) is 1.47. The van der Waals surface area contributed by atoms with Crippen LogP contribution in [-0.4, -0.2) is 31.1 Å². The molecule has 2 aliphatic rings. The molecule has 0 saturated carbocycles. The van der Waals surface area contributed by atoms with Crippen molar-refractivity contribution in [3.63, 3.8) is 0 Å². The van der Waals surface area contributed by atoms with E-state index in [0.717, 1.165) is 17.7 Å². The molecule has 0 aliphatic carbocycles. The monoisotopic (exact) mass is 231 g/mol. The Morgan fingerprint density at radius 1 is 1.18 bits per heavy atom. The van der Waals surface area contributed by atoms with Gasteiger partial charge >= 0.3 is 0 Å². The smallest absolute Gasteiger partial charge is 0.119 e. The van der Waals surface area contributed by atoms with Gasteiger partial charge in [-0.3, -0.25) is 4.90 Å². The fourth-order valence-corrected chi connectivity index (χ4v) is 3.55. The van der Waals surface area contributed by atoms with Crippen molar-refractivity contribution < 1.29 is 4.74 Å². The van der Waals surface area contributed by atoms with Crippen LogP contribution in [0.2, 0.25) is 0 Å². The lowest BCUT2D eigenvalue weighted by Gasteiger charge is -2.37. The Labute approximate surface area is 104 Å². The van der Waals surface area contributed by atoms with Gasteiger partial charge in [-0.15, -0.1) is 0 Å². The molecule has 92 valence electrons. The number of piperidine rings is 1. The molecule has 0 unspecified atom stereocenters. The first kappa shape index (κ1) is 11.1. The summed E-state index contributed by atoms with van der Waals surface area (Å²) in [6.07, 6.45) is 5.44. The van der Waals surface area contributed by atoms with Crippen molar-refractivity contribution in [2.75, 3.05) is 20.2 Å². The van der Waals surface area contributed by atoms with E-state index in [-0.39, 0.29) is 0 Å². The van der Waals surface area contributed by atoms with Crippen LogP contribution in [0.25, 0.3) is 0 Å². The van der Waals surface area contributed by atoms with Crippen molar-refractivity contribution in [2.45, 2.75) is 37.6 Å². The molecule has 0 aromatic heterocycles. The van der Waals surface area contributed by atoms with Crippen molar-refractivity contribution in [1.82, 2.24) is 4.90 Å². The molecule has 2 nitrogen and oxygen atoms in total. The van der Waals surface area contributed by atoms with Gasteiger partial charge in [0.25, 0.3) is 0 Å². The lowest BCUT2D eigenvalue weighted by molar-refractivity contribution is 0.172. The highest BCUT2D eigenvalue weighted by Crippen LogP contribution is 2.38. The first-order chi connectivity index (χ1) is 8.38. The van der Waals surface area contributed by atoms with Crippen molar-refractivity contribution in [3.05, 3.63) is 29.8 Å². The minimum Gasteiger partial charge on any atom is -0.497 e. The van der Waals surface area contributed by atoms with Crippen molar-refractivity contribution in [2.24, 2.45) is 0 Å². The third-order valence-corrected chi connectivity index (χ3v) is 4.36. The zero-order valence-electron chi connectivity index (χ0n) is 10.6. The number of rotatable bonds is 2. The molecular weight excluding hydrogens is 210 g/mol. The number of hydrogen-bond acceptors (Lipinski definition) is 2. The number of benzene rings is 1. The summed E-state index contributed by atoms with van der Waals surface area (Å²) < 4.78 is 5.34. The lowest BCUT2D eigenvalue weighted by atomic mass is 9.83. The summed E-state index contributed by atoms with van der Waals surface area (Å²) in [7, 11) is 1.75. The highest BCUT2D eigenvalue weighted by molar-refractivity contribution is 5.32. The first-order valence-electron chi connectivity index (χ1n) is 6.76. The highest BCUT2D eigenvalue weighted by Gasteiger charge is 2.35. The molecule has 0 amide bonds. The van der Waals surface area contributed by atoms with E-state index in [2.05, 4.69) is 23.1 Å². The van der Waals surface area contributed by atoms with Gasteiger partial charge in [-0.05, 0) is 62.4 Å². The maximum absolute atomic E-state index is 5.34. The Balaban J connectivity index is 1.86. The standard InChI is InChI=1S/C15H21NO/c1-17-13-6-2-5-12(11-13)14-7-3-9-16-10-4-8-15(14)16/h2,5-6,11,14-15H,3-4,7-10H2,1H3/t14-,15-/m1/s1. The van der Waals surface area contributed by atoms with Crippen molar-refractivity contribution in [3.8, 4) is 5.75 Å². The van der Waals surface area contributed by atoms with Crippen LogP contribution in [0.3, 0.4) is 0 Å². The van der Waals surface area contributed by atoms with Crippen molar-refractivity contribution in [1.29, 1.82) is 0 Å². The van der Waals surface area contributed by atoms with Crippen LogP contribution in [0, 0.1) is 0 Å². The number of methoxy groups -OCH3 is 1. The van der Waals surface area contributed by atoms with E-state index in [1.54, 1.807) is 7.11 Å². The molecule has 0 N–H and O–H groups in total. The second-order valence-corrected chi connectivity index (χ2v) is 5.27. The molecule has 0 spiro atoms. The largest absolute Gasteiger partial charge is 0.497 e. The maximum Gasteiger partial charge on any atom is 0.119 e. The van der Waals surface area contributed by atoms with E-state index in [9.17, 15) is 0 Å². The van der Waals surface area contributed by atoms with Crippen LogP contribution in [-0.2, 0) is 0 Å². The van der Waals surface area contributed by atoms with Gasteiger partial charge in [0.1, 0.15) is 5.75 Å². The van der Waals surface area contributed by atoms with Crippen LogP contribution >= 0.6 is 0 Å². The minimum atomic E-state index is 0.723. The normalized spacial score (nSPS) is 29.0. The van der Waals surface area contributed by atoms with E-state index >= 15 is 0 Å². The predicted octanol–water partition coefficient (Wildman–Crippen LogP) is 3.04. The Bertz CT molecular complexity index is 390. The third kappa shape index (κ3) is 2.06. The van der Waals surface area contributed by atoms with E-state index in [0.29, 0.717) is 0 Å². The van der Waals surface area contributed by atoms with E-state index < -0.39 is 0 Å². The molecule has 2 saturated heterocycles. The van der Waals surface area contributed by atoms with Crippen LogP contribution in [0.15, 0.2) is 24.3 Å². The van der Waals surface area contributed by atoms with E-state index in [1.165, 1.54) is 44.3 Å². The molecule has 17 heavy (non-hydrogen) atoms. The Morgan fingerprint density at radius 3 is 2.82 bits per heavy atom. The first-order valence-corrected chi connectivity index (χ1v) is 6.76. The summed E-state index contributed by atoms with van der Waals surface area (Å²) in [5.74, 6) is 1.72. The molecule has 2 heteroatoms. The number of hydrogen-bond donors (Lipinski definition) is 0. The van der Waals surface area contributed by atoms with Gasteiger partial charge < -0.3 is 4.74 Å². The molecule has 2 fully saturated rings. The van der Waals surface area contributed by atoms with E-state index in [4.69, 9.17) is 4.74 Å². The zero-order valence-corrected chi connectivity index (χ0v) is 10.6. The van der Waals surface area contributed by atoms with Gasteiger partial charge in [0.2, 0.25) is 0 Å². The minimum absolute atomic E-state index is 0.723. The van der Waals surface area contributed by atoms with Gasteiger partial charge in [0.15, 0.2) is 0 Å². The van der Waals surface area contributed by atoms with Crippen LogP contribution in [0.1, 0.15) is 37.2 Å². The Hall–Kier alpha value is -1.02. The van der Waals surface area contributed by atoms with Gasteiger partial charge in [-0.1, -0.05) is 12.1 Å². The fourth-order valence-electron chi connectivity index (χ4n) is 3.55. The highest BCUT2D eigenvalue weighted by atomic mass is 16.5. The zero-order chi connectivity index (χ0) is 11.7. The summed E-state index contributed by atoms with van der Waals surface area (Å²) in [6, 6.07) is 9.46. The van der Waals surface area contributed by atoms with Crippen LogP contribution < -0.4 is 4.74 Å². The fraction of sp³-hybridized carbons (Fsp3) is 0.600. The average molecular weight is 231 g/mol. The summed E-state index contributed by atoms with van der Waals surface area (Å²) in [5, 5.41) is 0. The molecule has 2 heterocycles. The van der Waals surface area contributed by atoms with Crippen LogP contribution in [0.5, 0.6) is 5.75 Å². The average Bonchev–Trinajstić information content (AvgIpc) is 2.87. The van der Waals surface area contributed by atoms with Crippen molar-refractivity contribution >= 4 is 0 Å². The second kappa shape index (κ2) is 4.69. The number of nitrogens with zero attached hydrogens (tertiary/aromatic N) is 1. The molecule has 1 aromatic rings. The second-order valence-electron chi connectivity index (χ2n) is 5.27. The summed E-state index contributed by atoms with van der Waals surface area (Å²) in [4.78, 5) is 2.69. The Morgan fingerprint density at radius 2 is 2.00 bits per heavy atom. The van der Waals surface area contributed by atoms with E-state index in [1.807, 2.05) is 6.07 Å². The molecule has 1 aromatic carbocycles. The molecule has 2 atom stereocenters. The Kier molecular flexibility index (Phi) is 3.06. The predicted molar refractivity (Wildman–Crippen MR) is 69.6 cm³/mol.